The highest BCUT2D eigenvalue weighted by Gasteiger charge is 2.41. The van der Waals surface area contributed by atoms with E-state index in [4.69, 9.17) is 14.2 Å². The van der Waals surface area contributed by atoms with Gasteiger partial charge in [-0.25, -0.2) is 4.79 Å². The molecule has 0 aromatic rings. The third-order valence-electron chi connectivity index (χ3n) is 3.34. The number of ether oxygens (including phenoxy) is 3. The number of hydrogen-bond acceptors (Lipinski definition) is 5. The summed E-state index contributed by atoms with van der Waals surface area (Å²) in [5.74, 6) is 5.66. The van der Waals surface area contributed by atoms with Crippen LogP contribution in [0, 0.1) is 11.8 Å². The van der Waals surface area contributed by atoms with Crippen molar-refractivity contribution in [3.8, 4) is 11.8 Å². The summed E-state index contributed by atoms with van der Waals surface area (Å²) in [5.41, 5.74) is -0.733. The third kappa shape index (κ3) is 6.22. The SMILES string of the molecule is CC.CC#CC1(OC(=O)NCCCN2CCOCC2)COC1.[HH]. The molecule has 2 fully saturated rings. The summed E-state index contributed by atoms with van der Waals surface area (Å²) >= 11 is 0. The Morgan fingerprint density at radius 3 is 2.55 bits per heavy atom. The molecule has 2 heterocycles. The van der Waals surface area contributed by atoms with Gasteiger partial charge in [0.05, 0.1) is 13.2 Å². The van der Waals surface area contributed by atoms with E-state index in [1.807, 2.05) is 13.8 Å². The van der Waals surface area contributed by atoms with Crippen molar-refractivity contribution in [3.63, 3.8) is 0 Å². The van der Waals surface area contributed by atoms with Crippen LogP contribution in [0.3, 0.4) is 0 Å². The molecule has 0 saturated carbocycles. The van der Waals surface area contributed by atoms with Gasteiger partial charge in [-0.1, -0.05) is 19.8 Å². The molecule has 128 valence electrons. The van der Waals surface area contributed by atoms with Crippen molar-refractivity contribution in [3.05, 3.63) is 0 Å². The molecule has 0 unspecified atom stereocenters. The Balaban J connectivity index is 0.00000155. The molecule has 0 aromatic carbocycles. The van der Waals surface area contributed by atoms with Crippen LogP contribution in [0.5, 0.6) is 0 Å². The molecule has 2 rings (SSSR count). The molecule has 0 radical (unpaired) electrons. The van der Waals surface area contributed by atoms with Crippen molar-refractivity contribution < 1.29 is 20.4 Å². The maximum Gasteiger partial charge on any atom is 0.408 e. The topological polar surface area (TPSA) is 60.0 Å². The van der Waals surface area contributed by atoms with Crippen LogP contribution in [0.2, 0.25) is 0 Å². The van der Waals surface area contributed by atoms with Gasteiger partial charge in [0.25, 0.3) is 0 Å². The smallest absolute Gasteiger partial charge is 0.408 e. The molecule has 2 saturated heterocycles. The van der Waals surface area contributed by atoms with Gasteiger partial charge in [0, 0.05) is 21.1 Å². The molecule has 2 aliphatic rings. The molecule has 0 aliphatic carbocycles. The maximum absolute atomic E-state index is 11.7. The summed E-state index contributed by atoms with van der Waals surface area (Å²) in [7, 11) is 0. The number of nitrogens with one attached hydrogen (secondary N) is 1. The first-order chi connectivity index (χ1) is 10.7. The van der Waals surface area contributed by atoms with Crippen molar-refractivity contribution in [1.29, 1.82) is 0 Å². The van der Waals surface area contributed by atoms with Crippen molar-refractivity contribution in [2.24, 2.45) is 0 Å². The zero-order chi connectivity index (χ0) is 16.3. The van der Waals surface area contributed by atoms with E-state index >= 15 is 0 Å². The molecule has 0 aromatic heterocycles. The van der Waals surface area contributed by atoms with Crippen molar-refractivity contribution in [1.82, 2.24) is 10.2 Å². The molecule has 1 amide bonds. The Labute approximate surface area is 135 Å². The van der Waals surface area contributed by atoms with Crippen molar-refractivity contribution in [2.45, 2.75) is 32.8 Å². The molecule has 6 heteroatoms. The summed E-state index contributed by atoms with van der Waals surface area (Å²) in [6.07, 6.45) is 0.482. The van der Waals surface area contributed by atoms with Gasteiger partial charge in [-0.2, -0.15) is 0 Å². The van der Waals surface area contributed by atoms with Gasteiger partial charge in [0.15, 0.2) is 0 Å². The zero-order valence-corrected chi connectivity index (χ0v) is 13.9. The molecular formula is C16H30N2O4. The lowest BCUT2D eigenvalue weighted by Gasteiger charge is -2.35. The molecule has 0 spiro atoms. The fourth-order valence-electron chi connectivity index (χ4n) is 2.20. The lowest BCUT2D eigenvalue weighted by Crippen LogP contribution is -2.53. The molecule has 2 aliphatic heterocycles. The number of nitrogens with zero attached hydrogens (tertiary/aromatic N) is 1. The quantitative estimate of drug-likeness (QED) is 0.615. The number of morpholine rings is 1. The van der Waals surface area contributed by atoms with Gasteiger partial charge >= 0.3 is 6.09 Å². The third-order valence-corrected chi connectivity index (χ3v) is 3.34. The standard InChI is InChI=1S/C14H22N2O4.C2H6.H2/c1-2-4-14(11-19-12-14)20-13(17)15-5-3-6-16-7-9-18-10-8-16;1-2;/h3,5-12H2,1H3,(H,15,17);1-2H3;1H. The Morgan fingerprint density at radius 2 is 2.00 bits per heavy atom. The number of carbonyl (C=O) groups excluding carboxylic acids is 1. The number of rotatable bonds is 5. The van der Waals surface area contributed by atoms with E-state index in [0.29, 0.717) is 19.8 Å². The summed E-state index contributed by atoms with van der Waals surface area (Å²) < 4.78 is 15.7. The molecular weight excluding hydrogens is 284 g/mol. The maximum atomic E-state index is 11.7. The predicted molar refractivity (Wildman–Crippen MR) is 86.8 cm³/mol. The second-order valence-electron chi connectivity index (χ2n) is 4.99. The molecule has 0 atom stereocenters. The van der Waals surface area contributed by atoms with Crippen molar-refractivity contribution in [2.75, 3.05) is 52.6 Å². The summed E-state index contributed by atoms with van der Waals surface area (Å²) in [6.45, 7) is 11.5. The number of carbonyl (C=O) groups is 1. The van der Waals surface area contributed by atoms with Crippen LogP contribution in [0.1, 0.15) is 28.6 Å². The Bertz CT molecular complexity index is 385. The number of amides is 1. The van der Waals surface area contributed by atoms with Gasteiger partial charge in [0.2, 0.25) is 5.60 Å². The fourth-order valence-corrected chi connectivity index (χ4v) is 2.20. The predicted octanol–water partition coefficient (Wildman–Crippen LogP) is 1.50. The highest BCUT2D eigenvalue weighted by Crippen LogP contribution is 2.20. The van der Waals surface area contributed by atoms with E-state index in [0.717, 1.165) is 39.3 Å². The van der Waals surface area contributed by atoms with Gasteiger partial charge in [-0.15, -0.1) is 5.92 Å². The van der Waals surface area contributed by atoms with E-state index in [9.17, 15) is 4.79 Å². The van der Waals surface area contributed by atoms with E-state index in [1.54, 1.807) is 6.92 Å². The normalized spacial score (nSPS) is 19.6. The first-order valence-corrected chi connectivity index (χ1v) is 8.03. The molecule has 1 N–H and O–H groups in total. The minimum atomic E-state index is -0.733. The minimum absolute atomic E-state index is 0. The van der Waals surface area contributed by atoms with Crippen molar-refractivity contribution >= 4 is 6.09 Å². The minimum Gasteiger partial charge on any atom is -0.425 e. The molecule has 22 heavy (non-hydrogen) atoms. The second kappa shape index (κ2) is 10.4. The number of hydrogen-bond donors (Lipinski definition) is 1. The molecule has 6 nitrogen and oxygen atoms in total. The van der Waals surface area contributed by atoms with Crippen LogP contribution < -0.4 is 5.32 Å². The van der Waals surface area contributed by atoms with Gasteiger partial charge < -0.3 is 19.5 Å². The Kier molecular flexibility index (Phi) is 8.90. The van der Waals surface area contributed by atoms with Crippen LogP contribution >= 0.6 is 0 Å². The van der Waals surface area contributed by atoms with Gasteiger partial charge in [-0.3, -0.25) is 4.90 Å². The monoisotopic (exact) mass is 314 g/mol. The summed E-state index contributed by atoms with van der Waals surface area (Å²) in [4.78, 5) is 14.0. The fraction of sp³-hybridized carbons (Fsp3) is 0.812. The average molecular weight is 314 g/mol. The van der Waals surface area contributed by atoms with E-state index in [2.05, 4.69) is 22.1 Å². The lowest BCUT2D eigenvalue weighted by atomic mass is 10.0. The van der Waals surface area contributed by atoms with Crippen LogP contribution in [0.15, 0.2) is 0 Å². The highest BCUT2D eigenvalue weighted by molar-refractivity contribution is 5.68. The highest BCUT2D eigenvalue weighted by atomic mass is 16.6. The second-order valence-corrected chi connectivity index (χ2v) is 4.99. The Hall–Kier alpha value is -1.29. The van der Waals surface area contributed by atoms with Crippen LogP contribution in [-0.4, -0.2) is 69.2 Å². The summed E-state index contributed by atoms with van der Waals surface area (Å²) in [6, 6.07) is 0. The van der Waals surface area contributed by atoms with Gasteiger partial charge in [0.1, 0.15) is 13.2 Å². The zero-order valence-electron chi connectivity index (χ0n) is 13.9. The van der Waals surface area contributed by atoms with E-state index in [-0.39, 0.29) is 1.43 Å². The largest absolute Gasteiger partial charge is 0.425 e. The van der Waals surface area contributed by atoms with Crippen LogP contribution in [0.4, 0.5) is 4.79 Å². The Morgan fingerprint density at radius 1 is 1.32 bits per heavy atom. The molecule has 0 bridgehead atoms. The van der Waals surface area contributed by atoms with E-state index in [1.165, 1.54) is 0 Å². The number of alkyl carbamates (subject to hydrolysis) is 1. The van der Waals surface area contributed by atoms with E-state index < -0.39 is 11.7 Å². The average Bonchev–Trinajstić information content (AvgIpc) is 2.52. The van der Waals surface area contributed by atoms with Crippen LogP contribution in [0.25, 0.3) is 0 Å². The van der Waals surface area contributed by atoms with Crippen LogP contribution in [-0.2, 0) is 14.2 Å². The first-order valence-electron chi connectivity index (χ1n) is 8.03. The lowest BCUT2D eigenvalue weighted by molar-refractivity contribution is -0.142. The summed E-state index contributed by atoms with van der Waals surface area (Å²) in [5, 5.41) is 2.76. The van der Waals surface area contributed by atoms with Gasteiger partial charge in [-0.05, 0) is 19.9 Å². The first kappa shape index (κ1) is 18.8.